The Labute approximate surface area is 662 Å². The summed E-state index contributed by atoms with van der Waals surface area (Å²) < 4.78 is 602. The third-order valence-corrected chi connectivity index (χ3v) is 20.1. The predicted octanol–water partition coefficient (Wildman–Crippen LogP) is -13.8. The highest BCUT2D eigenvalue weighted by atomic mass is 32.3. The number of ether oxygens (including phenoxy) is 10. The van der Waals surface area contributed by atoms with Gasteiger partial charge in [0.05, 0.1) is 119 Å². The topological polar surface area (TPSA) is 1010 Å². The Balaban J connectivity index is 1.96. The van der Waals surface area contributed by atoms with Crippen molar-refractivity contribution >= 4 is 173 Å². The number of hydrogen-bond acceptors (Lipinski definition) is 58. The average Bonchev–Trinajstić information content (AvgIpc) is 0.763. The van der Waals surface area contributed by atoms with Gasteiger partial charge in [-0.25, -0.2) is 67.1 Å². The summed E-state index contributed by atoms with van der Waals surface area (Å²) in [7, 11) is -55.0. The predicted molar refractivity (Wildman–Crippen MR) is 327 cm³/mol. The fraction of sp³-hybridized carbons (Fsp3) is 1.00. The summed E-state index contributed by atoms with van der Waals surface area (Å²) in [6, 6.07) is 0. The molecule has 0 spiro atoms. The van der Waals surface area contributed by atoms with E-state index in [9.17, 15) is 178 Å². The zero-order chi connectivity index (χ0) is 88.0. The molecular weight excluding hydrogens is 1970 g/mol. The number of methoxy groups -OCH3 is 2. The summed E-state index contributed by atoms with van der Waals surface area (Å²) in [5.41, 5.74) is 0. The smallest absolute Gasteiger partial charge is 0.397 e. The third-order valence-electron chi connectivity index (χ3n) is 13.4. The van der Waals surface area contributed by atoms with Crippen molar-refractivity contribution in [3.8, 4) is 0 Å². The monoisotopic (exact) mass is 2020 g/mol. The van der Waals surface area contributed by atoms with E-state index in [4.69, 9.17) is 51.6 Å². The summed E-state index contributed by atoms with van der Waals surface area (Å²) in [6.07, 6.45) is -75.4. The maximum absolute atomic E-state index is 12.7. The number of rotatable bonds is 51. The lowest BCUT2D eigenvalue weighted by molar-refractivity contribution is -0.350. The van der Waals surface area contributed by atoms with Gasteiger partial charge in [-0.15, -0.1) is 0 Å². The van der Waals surface area contributed by atoms with Crippen LogP contribution in [0.2, 0.25) is 0 Å². The van der Waals surface area contributed by atoms with Gasteiger partial charge < -0.3 is 79.2 Å². The second kappa shape index (κ2) is 44.7. The first-order valence-electron chi connectivity index (χ1n) is 27.6. The molecule has 4 aliphatic heterocycles. The van der Waals surface area contributed by atoms with Gasteiger partial charge in [-0.05, 0) is 0 Å². The minimum atomic E-state index is -6.44. The van der Waals surface area contributed by atoms with E-state index >= 15 is 0 Å². The lowest BCUT2D eigenvalue weighted by atomic mass is 9.97. The fourth-order valence-corrected chi connectivity index (χ4v) is 16.5. The molecule has 4 rings (SSSR count). The zero-order valence-electron chi connectivity index (χ0n) is 54.3. The van der Waals surface area contributed by atoms with Crippen LogP contribution in [0.3, 0.4) is 0 Å². The SMILES string of the molecule is CO[C@@H]([C@H](OC)[C@@H](CO[C@@H]1O[C@H](COS(=O)[O-])[C@@H](O[C@@H]2O[C@H](COS(=O)[O-])[C@H](OS(=O)(=O)O)[C@H](OS(=O)(=O)O)[C@H]2OS(=O)(=O)O)[C@H](OS(=O)(=O)O)[C@H]1OS(=O)[O-])OS(=O)(=O)O)[C@@H](CO[C@@H]1O[C@H](COS(=O)(=O)O)[C@@H](O[C@@H]2O[C@H](COS(=O)(=O)O)[C@H](OS(=O)(=O)O)[C@H](OS(=O)[O-])[C@H]2OS(=O)[O-])[C@H](OS(=O)[O-])[C@H]1OS(=O)(=O)O)OS(=O)[O-]. The van der Waals surface area contributed by atoms with E-state index in [1.807, 2.05) is 0 Å². The molecule has 4 saturated heterocycles. The van der Waals surface area contributed by atoms with Crippen LogP contribution in [0.4, 0.5) is 0 Å². The molecule has 115 heavy (non-hydrogen) atoms. The molecule has 0 aromatic carbocycles. The van der Waals surface area contributed by atoms with Gasteiger partial charge in [0, 0.05) is 14.2 Å². The lowest BCUT2D eigenvalue weighted by Crippen LogP contribution is -2.67. The molecule has 0 aromatic rings. The van der Waals surface area contributed by atoms with Gasteiger partial charge >= 0.3 is 93.6 Å². The second-order valence-electron chi connectivity index (χ2n) is 20.7. The molecule has 0 radical (unpaired) electrons. The standard InChI is InChI=1S/C32H58O67S16/c1-74-15(13(88-102(37)38)3-76-30-27(98-114(68,69)70)21(89-103(39)40)17(11(83-30)7-80-107(47,48)49)86-31-25(91-105(43)44)22(90-104(41)42)19(94-110(56,57)58)12(85-31)8-81-108(50,51)52)16(75-2)14(93-109(53,54)55)4-77-29-26(92-106(45)46)23(96-112(62,63)64)18(9(82-29)5-78-100(33)34)87-32-28(99-115(71,72)73)24(97-113(65,66)67)20(95-111(59,60)61)10(84-32)6-79-101(35)36/h9-32H,3-8H2,1-2H3,(H,33,34)(H,35,36)(H,37,38)(H,39,40)(H,41,42)(H,43,44)(H,45,46)(H,47,48,49)(H,50,51,52)(H,53,54,55)(H,56,57,58)(H,59,60,61)(H,62,63,64)(H,65,66,67)(H,68,69,70)(H,71,72,73)/p-7/t9-,10-,11-,12-,13-,14-,15-,16-,17-,18-,19+,20+,21+,22+,23+,24+,25-,26-,27-,28-,29-,30-,31+,32+/m1/s1. The van der Waals surface area contributed by atoms with Crippen LogP contribution in [0, 0.1) is 0 Å². The van der Waals surface area contributed by atoms with Gasteiger partial charge in [0.25, 0.3) is 0 Å². The summed E-state index contributed by atoms with van der Waals surface area (Å²) >= 11 is -29.0. The van der Waals surface area contributed by atoms with E-state index in [0.717, 1.165) is 0 Å². The third kappa shape index (κ3) is 38.5. The van der Waals surface area contributed by atoms with Crippen LogP contribution >= 0.6 is 0 Å². The van der Waals surface area contributed by atoms with Crippen molar-refractivity contribution in [2.24, 2.45) is 0 Å². The molecule has 684 valence electrons. The molecular formula is C32H51O67S16-7. The summed E-state index contributed by atoms with van der Waals surface area (Å²) in [5.74, 6) is 0. The fourth-order valence-electron chi connectivity index (χ4n) is 10.0. The van der Waals surface area contributed by atoms with Gasteiger partial charge in [-0.3, -0.25) is 70.3 Å². The molecule has 31 atom stereocenters. The average molecular weight is 2020 g/mol. The van der Waals surface area contributed by atoms with Crippen LogP contribution in [-0.2, 0) is 287 Å². The zero-order valence-corrected chi connectivity index (χ0v) is 67.4. The highest BCUT2D eigenvalue weighted by molar-refractivity contribution is 7.83. The molecule has 0 aromatic heterocycles. The summed E-state index contributed by atoms with van der Waals surface area (Å²) in [4.78, 5) is 0. The largest absolute Gasteiger partial charge is 0.750 e. The van der Waals surface area contributed by atoms with E-state index in [1.165, 1.54) is 0 Å². The van der Waals surface area contributed by atoms with E-state index in [2.05, 4.69) is 62.7 Å². The molecule has 7 unspecified atom stereocenters. The van der Waals surface area contributed by atoms with Crippen molar-refractivity contribution in [3.63, 3.8) is 0 Å². The van der Waals surface area contributed by atoms with Gasteiger partial charge in [0.2, 0.25) is 0 Å². The second-order valence-corrected chi connectivity index (χ2v) is 34.5. The molecule has 0 saturated carbocycles. The minimum absolute atomic E-state index is 0.415. The lowest BCUT2D eigenvalue weighted by Gasteiger charge is -2.49. The van der Waals surface area contributed by atoms with Crippen molar-refractivity contribution in [3.05, 3.63) is 0 Å². The first-order valence-corrected chi connectivity index (χ1v) is 46.9. The van der Waals surface area contributed by atoms with Crippen molar-refractivity contribution in [2.45, 2.75) is 147 Å². The summed E-state index contributed by atoms with van der Waals surface area (Å²) in [5, 5.41) is 0. The van der Waals surface area contributed by atoms with Crippen LogP contribution in [0.25, 0.3) is 0 Å². The highest BCUT2D eigenvalue weighted by Gasteiger charge is 2.61. The minimum Gasteiger partial charge on any atom is -0.750 e. The van der Waals surface area contributed by atoms with Gasteiger partial charge in [-0.2, -0.15) is 75.8 Å². The van der Waals surface area contributed by atoms with E-state index in [-0.39, 0.29) is 0 Å². The Hall–Kier alpha value is -1.08. The Morgan fingerprint density at radius 2 is 0.574 bits per heavy atom. The van der Waals surface area contributed by atoms with Gasteiger partial charge in [-0.1, -0.05) is 0 Å². The Morgan fingerprint density at radius 1 is 0.304 bits per heavy atom. The van der Waals surface area contributed by atoms with E-state index in [1.54, 1.807) is 0 Å². The molecule has 83 heteroatoms. The first kappa shape index (κ1) is 106. The molecule has 4 heterocycles. The van der Waals surface area contributed by atoms with Crippen LogP contribution in [-0.4, -0.2) is 379 Å². The number of hydrogen-bond donors (Lipinski definition) is 9. The molecule has 9 N–H and O–H groups in total. The van der Waals surface area contributed by atoms with Crippen molar-refractivity contribution in [1.29, 1.82) is 0 Å². The highest BCUT2D eigenvalue weighted by Crippen LogP contribution is 2.40. The van der Waals surface area contributed by atoms with Crippen molar-refractivity contribution in [1.82, 2.24) is 0 Å². The Bertz CT molecular complexity index is 4470. The first-order chi connectivity index (χ1) is 52.3. The molecule has 4 fully saturated rings. The normalized spacial score (nSPS) is 32.4. The molecule has 67 nitrogen and oxygen atoms in total. The van der Waals surface area contributed by atoms with Gasteiger partial charge in [0.1, 0.15) is 97.7 Å². The Kier molecular flexibility index (Phi) is 41.3. The van der Waals surface area contributed by atoms with Crippen molar-refractivity contribution < 1.29 is 292 Å². The molecule has 0 bridgehead atoms. The maximum atomic E-state index is 12.7. The molecule has 4 aliphatic rings. The molecule has 0 aliphatic carbocycles. The van der Waals surface area contributed by atoms with Crippen LogP contribution < -0.4 is 0 Å². The summed E-state index contributed by atoms with van der Waals surface area (Å²) in [6.45, 7) is -11.7. The van der Waals surface area contributed by atoms with E-state index < -0.39 is 360 Å². The van der Waals surface area contributed by atoms with Crippen LogP contribution in [0.1, 0.15) is 0 Å². The van der Waals surface area contributed by atoms with Crippen molar-refractivity contribution in [2.75, 3.05) is 53.9 Å². The van der Waals surface area contributed by atoms with Gasteiger partial charge in [0.15, 0.2) is 49.6 Å². The van der Waals surface area contributed by atoms with Crippen LogP contribution in [0.5, 0.6) is 0 Å². The molecule has 0 amide bonds. The Morgan fingerprint density at radius 3 is 0.930 bits per heavy atom. The van der Waals surface area contributed by atoms with Crippen LogP contribution in [0.15, 0.2) is 0 Å². The maximum Gasteiger partial charge on any atom is 0.397 e. The quantitative estimate of drug-likeness (QED) is 0.0202. The van der Waals surface area contributed by atoms with E-state index in [0.29, 0.717) is 14.2 Å².